The van der Waals surface area contributed by atoms with Crippen LogP contribution >= 0.6 is 0 Å². The van der Waals surface area contributed by atoms with E-state index >= 15 is 4.39 Å². The van der Waals surface area contributed by atoms with Crippen LogP contribution in [0.4, 0.5) is 14.6 Å². The van der Waals surface area contributed by atoms with E-state index in [1.165, 1.54) is 30.5 Å². The minimum atomic E-state index is -1.19. The number of halogens is 2. The summed E-state index contributed by atoms with van der Waals surface area (Å²) in [6.45, 7) is 4.21. The fourth-order valence-electron chi connectivity index (χ4n) is 10.1. The van der Waals surface area contributed by atoms with E-state index in [-0.39, 0.29) is 58.1 Å². The molecule has 2 N–H and O–H groups in total. The number of aliphatic hydroxyl groups is 1. The third-order valence-electron chi connectivity index (χ3n) is 12.4. The zero-order chi connectivity index (χ0) is 36.5. The Labute approximate surface area is 307 Å². The van der Waals surface area contributed by atoms with Gasteiger partial charge in [-0.05, 0) is 88.4 Å². The predicted molar refractivity (Wildman–Crippen MR) is 196 cm³/mol. The fourth-order valence-corrected chi connectivity index (χ4v) is 10.1. The first kappa shape index (κ1) is 34.6. The largest absolute Gasteiger partial charge is 0.508 e. The first-order valence-corrected chi connectivity index (χ1v) is 19.0. The maximum absolute atomic E-state index is 17.1. The molecule has 12 heteroatoms. The molecule has 4 aliphatic heterocycles. The van der Waals surface area contributed by atoms with Crippen molar-refractivity contribution < 1.29 is 33.2 Å². The summed E-state index contributed by atoms with van der Waals surface area (Å²) < 4.78 is 50.6. The number of fused-ring (bicyclic) bond motifs is 5. The van der Waals surface area contributed by atoms with Crippen molar-refractivity contribution in [1.29, 1.82) is 0 Å². The van der Waals surface area contributed by atoms with E-state index in [1.54, 1.807) is 6.92 Å². The Hall–Kier alpha value is -4.15. The summed E-state index contributed by atoms with van der Waals surface area (Å²) in [4.78, 5) is 18.7. The minimum Gasteiger partial charge on any atom is -0.508 e. The van der Waals surface area contributed by atoms with E-state index in [0.717, 1.165) is 64.3 Å². The van der Waals surface area contributed by atoms with E-state index in [1.807, 2.05) is 4.90 Å². The van der Waals surface area contributed by atoms with E-state index in [4.69, 9.17) is 30.6 Å². The SMILES string of the molecule is C#Cc1c(F)ccc2cc(O)cc(-c3ncc4c(N5CCOCC(C)(O)C5)nc(OCC56CCCC5N(C5CC7CCC(C5)O7)CCC6)nc4c3F)c12. The van der Waals surface area contributed by atoms with Gasteiger partial charge in [-0.3, -0.25) is 9.88 Å². The van der Waals surface area contributed by atoms with Crippen molar-refractivity contribution in [2.75, 3.05) is 44.4 Å². The lowest BCUT2D eigenvalue weighted by Gasteiger charge is -2.50. The third kappa shape index (κ3) is 6.15. The van der Waals surface area contributed by atoms with Crippen LogP contribution in [0.3, 0.4) is 0 Å². The van der Waals surface area contributed by atoms with Gasteiger partial charge in [-0.15, -0.1) is 6.42 Å². The molecule has 5 atom stereocenters. The standard InChI is InChI=1S/C41H45F2N5O5/c1-3-29-32(42)10-7-24-16-26(49)19-30(34(24)29)36-35(43)37-31(20-44-36)38(47-14-15-51-22-40(2,50)21-47)46-39(45-37)52-23-41-11-4-6-33(41)48(13-5-12-41)25-17-27-8-9-28(18-25)53-27/h1,7,10,16,19-20,25,27-28,33,49-50H,4-6,8-9,11-15,17-18,21-23H2,2H3. The number of aromatic hydroxyl groups is 1. The number of piperidine rings is 1. The van der Waals surface area contributed by atoms with Crippen LogP contribution in [-0.4, -0.2) is 99.4 Å². The Kier molecular flexibility index (Phi) is 8.69. The van der Waals surface area contributed by atoms with Crippen LogP contribution < -0.4 is 9.64 Å². The molecule has 278 valence electrons. The van der Waals surface area contributed by atoms with Gasteiger partial charge in [0.1, 0.15) is 34.2 Å². The summed E-state index contributed by atoms with van der Waals surface area (Å²) >= 11 is 0. The molecule has 1 aliphatic carbocycles. The van der Waals surface area contributed by atoms with Crippen molar-refractivity contribution in [1.82, 2.24) is 19.9 Å². The summed E-state index contributed by atoms with van der Waals surface area (Å²) in [6, 6.07) is 6.43. The van der Waals surface area contributed by atoms with E-state index < -0.39 is 17.2 Å². The van der Waals surface area contributed by atoms with Gasteiger partial charge >= 0.3 is 6.01 Å². The number of pyridine rings is 1. The molecule has 4 saturated heterocycles. The van der Waals surface area contributed by atoms with Gasteiger partial charge in [0.15, 0.2) is 5.82 Å². The first-order chi connectivity index (χ1) is 25.6. The van der Waals surface area contributed by atoms with Gasteiger partial charge in [0.2, 0.25) is 0 Å². The second-order valence-electron chi connectivity index (χ2n) is 16.1. The molecule has 9 rings (SSSR count). The molecule has 2 bridgehead atoms. The molecule has 2 aromatic heterocycles. The van der Waals surface area contributed by atoms with Crippen molar-refractivity contribution in [2.45, 2.75) is 94.6 Å². The van der Waals surface area contributed by atoms with Gasteiger partial charge in [-0.1, -0.05) is 18.4 Å². The molecule has 4 aromatic rings. The molecule has 0 amide bonds. The van der Waals surface area contributed by atoms with Gasteiger partial charge in [-0.2, -0.15) is 9.97 Å². The average molecular weight is 726 g/mol. The van der Waals surface area contributed by atoms with Crippen molar-refractivity contribution in [3.63, 3.8) is 0 Å². The van der Waals surface area contributed by atoms with Gasteiger partial charge in [-0.25, -0.2) is 8.78 Å². The summed E-state index contributed by atoms with van der Waals surface area (Å²) in [5, 5.41) is 22.8. The number of benzene rings is 2. The van der Waals surface area contributed by atoms with Gasteiger partial charge in [0.25, 0.3) is 0 Å². The summed E-state index contributed by atoms with van der Waals surface area (Å²) in [5.74, 6) is 1.18. The highest BCUT2D eigenvalue weighted by Gasteiger charge is 2.51. The van der Waals surface area contributed by atoms with Crippen molar-refractivity contribution >= 4 is 27.5 Å². The number of phenols is 1. The number of likely N-dealkylation sites (tertiary alicyclic amines) is 1. The fraction of sp³-hybridized carbons (Fsp3) is 0.537. The third-order valence-corrected chi connectivity index (χ3v) is 12.4. The minimum absolute atomic E-state index is 0.0331. The molecule has 5 unspecified atom stereocenters. The molecule has 53 heavy (non-hydrogen) atoms. The monoisotopic (exact) mass is 725 g/mol. The molecule has 1 saturated carbocycles. The van der Waals surface area contributed by atoms with Crippen LogP contribution in [0.15, 0.2) is 30.5 Å². The van der Waals surface area contributed by atoms with E-state index in [0.29, 0.717) is 60.6 Å². The number of nitrogens with zero attached hydrogens (tertiary/aromatic N) is 5. The van der Waals surface area contributed by atoms with Gasteiger partial charge in [0, 0.05) is 41.2 Å². The number of ether oxygens (including phenoxy) is 3. The first-order valence-electron chi connectivity index (χ1n) is 19.0. The second-order valence-corrected chi connectivity index (χ2v) is 16.1. The lowest BCUT2D eigenvalue weighted by molar-refractivity contribution is -0.0798. The number of phenolic OH excluding ortho intramolecular Hbond substituents is 1. The maximum atomic E-state index is 17.1. The molecular weight excluding hydrogens is 680 g/mol. The number of rotatable bonds is 6. The number of aromatic nitrogens is 3. The Bertz CT molecular complexity index is 2110. The van der Waals surface area contributed by atoms with Crippen LogP contribution in [-0.2, 0) is 9.47 Å². The molecule has 6 heterocycles. The van der Waals surface area contributed by atoms with Crippen molar-refractivity contribution in [3.8, 4) is 35.4 Å². The lowest BCUT2D eigenvalue weighted by Crippen LogP contribution is -2.57. The number of hydrogen-bond acceptors (Lipinski definition) is 10. The van der Waals surface area contributed by atoms with Crippen LogP contribution in [0.25, 0.3) is 32.9 Å². The topological polar surface area (TPSA) is 113 Å². The molecule has 10 nitrogen and oxygen atoms in total. The Morgan fingerprint density at radius 1 is 1.08 bits per heavy atom. The molecule has 5 fully saturated rings. The van der Waals surface area contributed by atoms with Gasteiger partial charge < -0.3 is 29.3 Å². The molecule has 0 radical (unpaired) electrons. The highest BCUT2D eigenvalue weighted by atomic mass is 19.1. The second kappa shape index (κ2) is 13.3. The number of anilines is 1. The zero-order valence-corrected chi connectivity index (χ0v) is 30.0. The normalized spacial score (nSPS) is 30.4. The van der Waals surface area contributed by atoms with Crippen LogP contribution in [0.5, 0.6) is 11.8 Å². The average Bonchev–Trinajstić information content (AvgIpc) is 3.67. The van der Waals surface area contributed by atoms with Gasteiger partial charge in [0.05, 0.1) is 49.5 Å². The molecule has 0 spiro atoms. The highest BCUT2D eigenvalue weighted by Crippen LogP contribution is 2.50. The van der Waals surface area contributed by atoms with Crippen LogP contribution in [0, 0.1) is 29.4 Å². The van der Waals surface area contributed by atoms with E-state index in [9.17, 15) is 14.6 Å². The number of β-amino-alcohol motifs (C(OH)–C–C–N with tert-alkyl or cyclic N) is 1. The van der Waals surface area contributed by atoms with Crippen LogP contribution in [0.2, 0.25) is 0 Å². The molecule has 5 aliphatic rings. The Balaban J connectivity index is 1.12. The Morgan fingerprint density at radius 2 is 1.89 bits per heavy atom. The molecule has 2 aromatic carbocycles. The Morgan fingerprint density at radius 3 is 2.70 bits per heavy atom. The molecular formula is C41H45F2N5O5. The smallest absolute Gasteiger partial charge is 0.319 e. The predicted octanol–water partition coefficient (Wildman–Crippen LogP) is 6.12. The van der Waals surface area contributed by atoms with E-state index in [2.05, 4.69) is 15.8 Å². The number of hydrogen-bond donors (Lipinski definition) is 2. The highest BCUT2D eigenvalue weighted by molar-refractivity contribution is 6.03. The summed E-state index contributed by atoms with van der Waals surface area (Å²) in [7, 11) is 0. The quantitative estimate of drug-likeness (QED) is 0.226. The zero-order valence-electron chi connectivity index (χ0n) is 30.0. The summed E-state index contributed by atoms with van der Waals surface area (Å²) in [5.41, 5.74) is -1.38. The number of terminal acetylenes is 1. The maximum Gasteiger partial charge on any atom is 0.319 e. The van der Waals surface area contributed by atoms with Crippen molar-refractivity contribution in [2.24, 2.45) is 5.41 Å². The lowest BCUT2D eigenvalue weighted by atomic mass is 9.74. The van der Waals surface area contributed by atoms with Crippen LogP contribution in [0.1, 0.15) is 70.3 Å². The summed E-state index contributed by atoms with van der Waals surface area (Å²) in [6.07, 6.45) is 17.8. The van der Waals surface area contributed by atoms with Crippen molar-refractivity contribution in [3.05, 3.63) is 47.7 Å².